The van der Waals surface area contributed by atoms with Crippen LogP contribution in [0.4, 0.5) is 0 Å². The maximum Gasteiger partial charge on any atom is 0.113 e. The smallest absolute Gasteiger partial charge is 0.113 e. The Balaban J connectivity index is 1.61. The highest BCUT2D eigenvalue weighted by atomic mass is 15.4. The second kappa shape index (κ2) is 7.26. The summed E-state index contributed by atoms with van der Waals surface area (Å²) in [5, 5.41) is 8.53. The number of benzene rings is 1. The minimum absolute atomic E-state index is 0.351. The third kappa shape index (κ3) is 3.41. The van der Waals surface area contributed by atoms with Gasteiger partial charge in [0.15, 0.2) is 0 Å². The molecule has 27 heavy (non-hydrogen) atoms. The van der Waals surface area contributed by atoms with Crippen molar-refractivity contribution in [3.63, 3.8) is 0 Å². The van der Waals surface area contributed by atoms with E-state index in [1.165, 1.54) is 12.0 Å². The van der Waals surface area contributed by atoms with Gasteiger partial charge in [-0.05, 0) is 54.9 Å². The van der Waals surface area contributed by atoms with Crippen LogP contribution < -0.4 is 0 Å². The van der Waals surface area contributed by atoms with Gasteiger partial charge in [0.05, 0.1) is 17.4 Å². The fraction of sp³-hybridized carbons (Fsp3) is 0.435. The van der Waals surface area contributed by atoms with Gasteiger partial charge in [0.2, 0.25) is 0 Å². The van der Waals surface area contributed by atoms with E-state index < -0.39 is 0 Å². The SMILES string of the molecule is C=C(CCC)C(CC1C(C)C1C)c1ccc(-n2nnc3ccccc32)cn1. The Bertz CT molecular complexity index is 932. The molecule has 3 aromatic rings. The Hall–Kier alpha value is -2.49. The maximum absolute atomic E-state index is 4.83. The average molecular weight is 361 g/mol. The van der Waals surface area contributed by atoms with Gasteiger partial charge in [-0.25, -0.2) is 4.68 Å². The van der Waals surface area contributed by atoms with E-state index >= 15 is 0 Å². The van der Waals surface area contributed by atoms with Crippen LogP contribution in [0.3, 0.4) is 0 Å². The Morgan fingerprint density at radius 3 is 2.59 bits per heavy atom. The number of nitrogens with zero attached hydrogens (tertiary/aromatic N) is 4. The summed E-state index contributed by atoms with van der Waals surface area (Å²) in [6, 6.07) is 12.2. The lowest BCUT2D eigenvalue weighted by Crippen LogP contribution is -2.07. The molecule has 2 heterocycles. The Morgan fingerprint density at radius 2 is 1.93 bits per heavy atom. The zero-order valence-electron chi connectivity index (χ0n) is 16.5. The molecule has 0 radical (unpaired) electrons. The minimum atomic E-state index is 0.351. The maximum atomic E-state index is 4.83. The molecule has 4 heteroatoms. The molecule has 1 aliphatic rings. The molecule has 140 valence electrons. The van der Waals surface area contributed by atoms with Crippen LogP contribution in [0.5, 0.6) is 0 Å². The standard InChI is InChI=1S/C23H28N4/c1-5-8-15(2)19(13-20-16(3)17(20)4)21-12-11-18(14-24-21)27-23-10-7-6-9-22(23)25-26-27/h6-7,9-12,14,16-17,19-20H,2,5,8,13H2,1,3-4H3. The van der Waals surface area contributed by atoms with Gasteiger partial charge in [0.1, 0.15) is 5.52 Å². The summed E-state index contributed by atoms with van der Waals surface area (Å²) < 4.78 is 1.85. The van der Waals surface area contributed by atoms with E-state index in [1.807, 2.05) is 35.1 Å². The molecule has 0 spiro atoms. The molecule has 4 rings (SSSR count). The number of para-hydroxylation sites is 1. The Kier molecular flexibility index (Phi) is 4.81. The molecule has 0 saturated heterocycles. The average Bonchev–Trinajstić information content (AvgIpc) is 3.07. The van der Waals surface area contributed by atoms with E-state index in [4.69, 9.17) is 4.98 Å². The predicted octanol–water partition coefficient (Wildman–Crippen LogP) is 5.55. The molecule has 0 bridgehead atoms. The summed E-state index contributed by atoms with van der Waals surface area (Å²) in [6.45, 7) is 11.3. The van der Waals surface area contributed by atoms with Crippen molar-refractivity contribution < 1.29 is 0 Å². The van der Waals surface area contributed by atoms with Gasteiger partial charge in [-0.2, -0.15) is 0 Å². The highest BCUT2D eigenvalue weighted by Gasteiger charge is 2.44. The summed E-state index contributed by atoms with van der Waals surface area (Å²) in [7, 11) is 0. The summed E-state index contributed by atoms with van der Waals surface area (Å²) in [4.78, 5) is 4.83. The molecule has 2 aromatic heterocycles. The topological polar surface area (TPSA) is 43.6 Å². The quantitative estimate of drug-likeness (QED) is 0.519. The van der Waals surface area contributed by atoms with Gasteiger partial charge in [-0.3, -0.25) is 4.98 Å². The molecule has 3 unspecified atom stereocenters. The van der Waals surface area contributed by atoms with Crippen molar-refractivity contribution in [1.29, 1.82) is 0 Å². The first kappa shape index (κ1) is 17.9. The molecule has 1 aromatic carbocycles. The van der Waals surface area contributed by atoms with Crippen LogP contribution in [0.2, 0.25) is 0 Å². The van der Waals surface area contributed by atoms with Crippen molar-refractivity contribution in [3.8, 4) is 5.69 Å². The third-order valence-electron chi connectivity index (χ3n) is 6.34. The molecule has 0 N–H and O–H groups in total. The van der Waals surface area contributed by atoms with E-state index in [9.17, 15) is 0 Å². The van der Waals surface area contributed by atoms with Crippen LogP contribution in [0.25, 0.3) is 16.7 Å². The lowest BCUT2D eigenvalue weighted by Gasteiger charge is -2.19. The second-order valence-electron chi connectivity index (χ2n) is 8.01. The van der Waals surface area contributed by atoms with Crippen LogP contribution in [0.15, 0.2) is 54.7 Å². The number of rotatable bonds is 7. The number of hydrogen-bond acceptors (Lipinski definition) is 3. The van der Waals surface area contributed by atoms with Crippen LogP contribution in [-0.4, -0.2) is 20.0 Å². The van der Waals surface area contributed by atoms with Crippen molar-refractivity contribution in [2.75, 3.05) is 0 Å². The van der Waals surface area contributed by atoms with Crippen molar-refractivity contribution >= 4 is 11.0 Å². The van der Waals surface area contributed by atoms with E-state index in [-0.39, 0.29) is 0 Å². The van der Waals surface area contributed by atoms with Crippen LogP contribution in [-0.2, 0) is 0 Å². The first-order chi connectivity index (χ1) is 13.1. The van der Waals surface area contributed by atoms with Crippen LogP contribution in [0.1, 0.15) is 51.6 Å². The third-order valence-corrected chi connectivity index (χ3v) is 6.34. The summed E-state index contributed by atoms with van der Waals surface area (Å²) in [5.74, 6) is 2.79. The fourth-order valence-corrected chi connectivity index (χ4v) is 4.25. The van der Waals surface area contributed by atoms with Gasteiger partial charge in [0, 0.05) is 11.6 Å². The number of pyridine rings is 1. The lowest BCUT2D eigenvalue weighted by atomic mass is 9.87. The Labute approximate surface area is 161 Å². The van der Waals surface area contributed by atoms with E-state index in [0.717, 1.165) is 53.0 Å². The minimum Gasteiger partial charge on any atom is -0.258 e. The highest BCUT2D eigenvalue weighted by molar-refractivity contribution is 5.75. The van der Waals surface area contributed by atoms with Crippen molar-refractivity contribution in [3.05, 3.63) is 60.4 Å². The van der Waals surface area contributed by atoms with E-state index in [0.29, 0.717) is 5.92 Å². The molecule has 3 atom stereocenters. The molecule has 1 aliphatic carbocycles. The second-order valence-corrected chi connectivity index (χ2v) is 8.01. The van der Waals surface area contributed by atoms with Gasteiger partial charge in [-0.1, -0.05) is 56.7 Å². The largest absolute Gasteiger partial charge is 0.258 e. The summed E-state index contributed by atoms with van der Waals surface area (Å²) in [6.07, 6.45) is 5.29. The molecule has 0 amide bonds. The van der Waals surface area contributed by atoms with Crippen LogP contribution >= 0.6 is 0 Å². The number of hydrogen-bond donors (Lipinski definition) is 0. The van der Waals surface area contributed by atoms with E-state index in [2.05, 4.69) is 49.8 Å². The summed E-state index contributed by atoms with van der Waals surface area (Å²) in [5.41, 5.74) is 5.29. The number of fused-ring (bicyclic) bond motifs is 1. The highest BCUT2D eigenvalue weighted by Crippen LogP contribution is 2.51. The lowest BCUT2D eigenvalue weighted by molar-refractivity contribution is 0.567. The Morgan fingerprint density at radius 1 is 1.15 bits per heavy atom. The number of aromatic nitrogens is 4. The van der Waals surface area contributed by atoms with Gasteiger partial charge in [0.25, 0.3) is 0 Å². The molecule has 1 fully saturated rings. The molecular formula is C23H28N4. The van der Waals surface area contributed by atoms with Gasteiger partial charge < -0.3 is 0 Å². The van der Waals surface area contributed by atoms with Gasteiger partial charge >= 0.3 is 0 Å². The summed E-state index contributed by atoms with van der Waals surface area (Å²) >= 11 is 0. The zero-order valence-corrected chi connectivity index (χ0v) is 16.5. The van der Waals surface area contributed by atoms with Gasteiger partial charge in [-0.15, -0.1) is 5.10 Å². The molecular weight excluding hydrogens is 332 g/mol. The van der Waals surface area contributed by atoms with Crippen molar-refractivity contribution in [2.45, 2.75) is 46.0 Å². The normalized spacial score (nSPS) is 22.7. The van der Waals surface area contributed by atoms with Crippen molar-refractivity contribution in [2.24, 2.45) is 17.8 Å². The monoisotopic (exact) mass is 360 g/mol. The van der Waals surface area contributed by atoms with Crippen molar-refractivity contribution in [1.82, 2.24) is 20.0 Å². The first-order valence-electron chi connectivity index (χ1n) is 10.0. The van der Waals surface area contributed by atoms with E-state index in [1.54, 1.807) is 0 Å². The zero-order chi connectivity index (χ0) is 19.0. The first-order valence-corrected chi connectivity index (χ1v) is 10.0. The number of allylic oxidation sites excluding steroid dienone is 1. The fourth-order valence-electron chi connectivity index (χ4n) is 4.25. The molecule has 4 nitrogen and oxygen atoms in total. The predicted molar refractivity (Wildman–Crippen MR) is 110 cm³/mol. The van der Waals surface area contributed by atoms with Crippen LogP contribution in [0, 0.1) is 17.8 Å². The molecule has 0 aliphatic heterocycles. The molecule has 1 saturated carbocycles.